The molecule has 16 aromatic rings. The largest absolute Gasteiger partial charge is 0.311 e. The second-order valence-corrected chi connectivity index (χ2v) is 37.0. The molecule has 0 fully saturated rings. The van der Waals surface area contributed by atoms with E-state index in [0.717, 1.165) is 112 Å². The summed E-state index contributed by atoms with van der Waals surface area (Å²) in [6.07, 6.45) is 0. The van der Waals surface area contributed by atoms with Gasteiger partial charge in [0.1, 0.15) is 0 Å². The van der Waals surface area contributed by atoms with Gasteiger partial charge in [-0.05, 0) is 210 Å². The Morgan fingerprint density at radius 3 is 1.28 bits per heavy atom. The first-order valence-electron chi connectivity index (χ1n) is 45.5. The first-order valence-corrected chi connectivity index (χ1v) is 40.5. The summed E-state index contributed by atoms with van der Waals surface area (Å²) in [7, 11) is 0. The number of benzene rings is 15. The predicted molar refractivity (Wildman–Crippen MR) is 493 cm³/mol. The summed E-state index contributed by atoms with van der Waals surface area (Å²) in [4.78, 5) is 5.11. The number of fused-ring (bicyclic) bond motifs is 10. The molecule has 0 radical (unpaired) electrons. The van der Waals surface area contributed by atoms with Crippen molar-refractivity contribution in [1.29, 1.82) is 0 Å². The summed E-state index contributed by atoms with van der Waals surface area (Å²) < 4.78 is 99.7. The van der Waals surface area contributed by atoms with Crippen molar-refractivity contribution in [2.75, 3.05) is 9.80 Å². The maximum atomic E-state index is 10.2. The Morgan fingerprint density at radius 2 is 0.739 bits per heavy atom. The van der Waals surface area contributed by atoms with Crippen LogP contribution in [-0.4, -0.2) is 11.3 Å². The van der Waals surface area contributed by atoms with Gasteiger partial charge in [-0.15, -0.1) is 0 Å². The van der Waals surface area contributed by atoms with Crippen molar-refractivity contribution in [3.63, 3.8) is 0 Å². The fraction of sp³-hybridized carbons (Fsp3) is 0.189. The number of rotatable bonds is 10. The molecule has 0 atom stereocenters. The maximum absolute atomic E-state index is 10.2. The lowest BCUT2D eigenvalue weighted by Crippen LogP contribution is -2.61. The van der Waals surface area contributed by atoms with E-state index in [4.69, 9.17) is 2.74 Å². The zero-order valence-corrected chi connectivity index (χ0v) is 68.4. The van der Waals surface area contributed by atoms with E-state index in [1.54, 1.807) is 0 Å². The van der Waals surface area contributed by atoms with Crippen LogP contribution in [0.3, 0.4) is 0 Å². The van der Waals surface area contributed by atoms with Gasteiger partial charge in [-0.3, -0.25) is 0 Å². The summed E-state index contributed by atoms with van der Waals surface area (Å²) >= 11 is 0. The third-order valence-corrected chi connectivity index (χ3v) is 24.5. The lowest BCUT2D eigenvalue weighted by atomic mass is 9.33. The molecule has 0 saturated heterocycles. The Kier molecular flexibility index (Phi) is 14.6. The molecule has 3 aliphatic rings. The van der Waals surface area contributed by atoms with Crippen LogP contribution in [0.5, 0.6) is 0 Å². The van der Waals surface area contributed by atoms with E-state index in [2.05, 4.69) is 349 Å². The molecule has 1 aliphatic carbocycles. The average molecular weight is 1500 g/mol. The Morgan fingerprint density at radius 1 is 0.287 bits per heavy atom. The van der Waals surface area contributed by atoms with Crippen molar-refractivity contribution in [1.82, 2.24) is 4.57 Å². The average Bonchev–Trinajstić information content (AvgIpc) is 1.62. The van der Waals surface area contributed by atoms with Crippen LogP contribution < -0.4 is 26.2 Å². The van der Waals surface area contributed by atoms with Crippen molar-refractivity contribution >= 4 is 79.0 Å². The van der Waals surface area contributed by atoms with E-state index in [1.807, 2.05) is 42.5 Å². The van der Waals surface area contributed by atoms with Gasteiger partial charge in [0.05, 0.1) is 41.5 Å². The van der Waals surface area contributed by atoms with Gasteiger partial charge in [0.2, 0.25) is 0 Å². The quantitative estimate of drug-likeness (QED) is 0.126. The first kappa shape index (κ1) is 62.2. The van der Waals surface area contributed by atoms with E-state index in [9.17, 15) is 11.0 Å². The molecular weight excluding hydrogens is 1390 g/mol. The standard InChI is InChI=1S/C111H100BN3/c1-106(2,3)79-52-58-96(90(67-79)73-39-25-18-26-40-73)114-100-70-84(113-97-59-53-80(107(4,5)6)68-91(97)92-69-81(108(7,8)9)54-60-98(92)113)55-56-94(100)112-95-63-74(85-46-33-49-89-88-45-31-32-50-93(88)111(103(85)89,77-41-27-19-28-42-77)78-43-29-20-30-44-78)51-57-99(95)115(105-86(71-35-21-16-22-36-71)47-34-48-87(105)72-37-23-17-24-38-72)102-65-76(64-101(114)104(102)112)75-61-82(109(10,11)12)66-83(62-75)110(13,14)15/h16-70H,1-15H3/i19D,20D,27D,28D,29D,30D,41D,42D,43D,44D. The van der Waals surface area contributed by atoms with Gasteiger partial charge in [-0.2, -0.15) is 0 Å². The van der Waals surface area contributed by atoms with Crippen molar-refractivity contribution in [3.05, 3.63) is 383 Å². The molecule has 0 spiro atoms. The van der Waals surface area contributed by atoms with Gasteiger partial charge in [-0.25, -0.2) is 0 Å². The highest BCUT2D eigenvalue weighted by molar-refractivity contribution is 7.00. The van der Waals surface area contributed by atoms with Crippen LogP contribution in [0.1, 0.15) is 168 Å². The highest BCUT2D eigenvalue weighted by Gasteiger charge is 2.50. The topological polar surface area (TPSA) is 11.4 Å². The number of para-hydroxylation sites is 1. The highest BCUT2D eigenvalue weighted by Crippen LogP contribution is 2.60. The number of nitrogens with zero attached hydrogens (tertiary/aromatic N) is 3. The predicted octanol–water partition coefficient (Wildman–Crippen LogP) is 28.1. The molecule has 0 N–H and O–H groups in total. The van der Waals surface area contributed by atoms with Gasteiger partial charge in [-0.1, -0.05) is 371 Å². The van der Waals surface area contributed by atoms with Gasteiger partial charge < -0.3 is 14.4 Å². The molecule has 115 heavy (non-hydrogen) atoms. The van der Waals surface area contributed by atoms with Crippen molar-refractivity contribution in [2.24, 2.45) is 0 Å². The van der Waals surface area contributed by atoms with Crippen molar-refractivity contribution < 1.29 is 13.7 Å². The van der Waals surface area contributed by atoms with Gasteiger partial charge in [0.25, 0.3) is 6.71 Å². The molecule has 3 nitrogen and oxygen atoms in total. The Labute approximate surface area is 695 Å². The lowest BCUT2D eigenvalue weighted by Gasteiger charge is -2.46. The first-order chi connectivity index (χ1) is 59.4. The summed E-state index contributed by atoms with van der Waals surface area (Å²) in [6.45, 7) is 33.8. The molecular formula is C111H100BN3. The smallest absolute Gasteiger partial charge is 0.252 e. The number of hydrogen-bond acceptors (Lipinski definition) is 2. The van der Waals surface area contributed by atoms with Gasteiger partial charge in [0.15, 0.2) is 0 Å². The Balaban J connectivity index is 1.01. The van der Waals surface area contributed by atoms with E-state index < -0.39 is 72.6 Å². The zero-order chi connectivity index (χ0) is 88.1. The third kappa shape index (κ3) is 12.1. The minimum absolute atomic E-state index is 0.148. The second-order valence-electron chi connectivity index (χ2n) is 37.0. The summed E-state index contributed by atoms with van der Waals surface area (Å²) in [6, 6.07) is 93.3. The summed E-state index contributed by atoms with van der Waals surface area (Å²) in [5, 5.41) is 2.34. The molecule has 0 unspecified atom stereocenters. The summed E-state index contributed by atoms with van der Waals surface area (Å²) in [5.41, 5.74) is 25.6. The molecule has 0 amide bonds. The van der Waals surface area contributed by atoms with Crippen LogP contribution >= 0.6 is 0 Å². The minimum Gasteiger partial charge on any atom is -0.311 e. The number of anilines is 6. The van der Waals surface area contributed by atoms with Gasteiger partial charge in [0, 0.05) is 55.9 Å². The van der Waals surface area contributed by atoms with E-state index >= 15 is 0 Å². The van der Waals surface area contributed by atoms with E-state index in [-0.39, 0.29) is 38.2 Å². The molecule has 2 aliphatic heterocycles. The molecule has 15 aromatic carbocycles. The molecule has 3 heterocycles. The van der Waals surface area contributed by atoms with Crippen LogP contribution in [0.25, 0.3) is 94.3 Å². The number of hydrogen-bond donors (Lipinski definition) is 0. The Bertz CT molecular complexity index is 6910. The normalized spacial score (nSPS) is 14.9. The van der Waals surface area contributed by atoms with Crippen LogP contribution in [-0.2, 0) is 32.5 Å². The molecule has 0 bridgehead atoms. The van der Waals surface area contributed by atoms with Crippen molar-refractivity contribution in [2.45, 2.75) is 136 Å². The van der Waals surface area contributed by atoms with Crippen LogP contribution in [0.15, 0.2) is 333 Å². The van der Waals surface area contributed by atoms with Crippen LogP contribution in [0.4, 0.5) is 34.1 Å². The fourth-order valence-electron chi connectivity index (χ4n) is 18.5. The SMILES string of the molecule is [2H]c1c([2H])c([2H])c(C2(c3c([2H])c([2H])c([2H])c([2H])c3[2H])c3ccccc3-c3cccc(-c4ccc5c(c4)B4c6ccc(-n7c8ccc(C(C)(C)C)cc8c8cc(C(C)(C)C)ccc87)cc6N(c6ccc(C(C)(C)C)cc6-c6ccccc6)c6cc(-c7cc(C(C)(C)C)cc(C(C)(C)C)c7)cc(c64)N5c4c(-c5ccccc5)cccc4-c4ccccc4)c32)c([2H])c1[2H]. The van der Waals surface area contributed by atoms with E-state index in [0.29, 0.717) is 33.4 Å². The maximum Gasteiger partial charge on any atom is 0.252 e. The fourth-order valence-corrected chi connectivity index (χ4v) is 18.5. The van der Waals surface area contributed by atoms with E-state index in [1.165, 1.54) is 38.6 Å². The molecule has 562 valence electrons. The van der Waals surface area contributed by atoms with Crippen molar-refractivity contribution in [3.8, 4) is 72.4 Å². The van der Waals surface area contributed by atoms with Crippen LogP contribution in [0, 0.1) is 0 Å². The third-order valence-electron chi connectivity index (χ3n) is 24.5. The molecule has 19 rings (SSSR count). The minimum atomic E-state index is -2.15. The van der Waals surface area contributed by atoms with Crippen LogP contribution in [0.2, 0.25) is 0 Å². The van der Waals surface area contributed by atoms with Gasteiger partial charge >= 0.3 is 0 Å². The Hall–Kier alpha value is -12.2. The monoisotopic (exact) mass is 1500 g/mol. The molecule has 4 heteroatoms. The number of aromatic nitrogens is 1. The summed E-state index contributed by atoms with van der Waals surface area (Å²) in [5.74, 6) is 0. The zero-order valence-electron chi connectivity index (χ0n) is 78.4. The lowest BCUT2D eigenvalue weighted by molar-refractivity contribution is 0.569. The molecule has 0 saturated carbocycles. The molecule has 1 aromatic heterocycles. The highest BCUT2D eigenvalue weighted by atomic mass is 15.2. The second kappa shape index (κ2) is 27.0.